The van der Waals surface area contributed by atoms with Crippen LogP contribution in [0, 0.1) is 0 Å². The Hall–Kier alpha value is -1.45. The molecule has 0 aromatic heterocycles. The van der Waals surface area contributed by atoms with Crippen LogP contribution in [0.5, 0.6) is 0 Å². The lowest BCUT2D eigenvalue weighted by atomic mass is 10.1. The van der Waals surface area contributed by atoms with E-state index in [0.29, 0.717) is 10.5 Å². The first-order chi connectivity index (χ1) is 8.72. The van der Waals surface area contributed by atoms with Crippen molar-refractivity contribution in [3.63, 3.8) is 0 Å². The van der Waals surface area contributed by atoms with Gasteiger partial charge in [0.25, 0.3) is 0 Å². The van der Waals surface area contributed by atoms with Gasteiger partial charge in [0.2, 0.25) is 0 Å². The molecular weight excluding hydrogens is 268 g/mol. The lowest BCUT2D eigenvalue weighted by molar-refractivity contribution is 0.102. The summed E-state index contributed by atoms with van der Waals surface area (Å²) in [4.78, 5) is 12.8. The Morgan fingerprint density at radius 3 is 2.06 bits per heavy atom. The highest BCUT2D eigenvalue weighted by molar-refractivity contribution is 7.85. The maximum atomic E-state index is 12.2. The molecule has 18 heavy (non-hydrogen) atoms. The van der Waals surface area contributed by atoms with Crippen molar-refractivity contribution < 1.29 is 9.00 Å². The van der Waals surface area contributed by atoms with Crippen LogP contribution in [0.3, 0.4) is 0 Å². The van der Waals surface area contributed by atoms with E-state index in [1.165, 1.54) is 0 Å². The molecule has 92 valence electrons. The number of rotatable bonds is 4. The van der Waals surface area contributed by atoms with Crippen molar-refractivity contribution in [1.29, 1.82) is 0 Å². The number of alkyl halides is 1. The first-order valence-electron chi connectivity index (χ1n) is 5.38. The summed E-state index contributed by atoms with van der Waals surface area (Å²) in [5.74, 6) is -0.171. The van der Waals surface area contributed by atoms with Crippen molar-refractivity contribution in [3.05, 3.63) is 60.2 Å². The number of Topliss-reactive ketones (excluding diaryl/α,β-unsaturated/α-hetero) is 1. The summed E-state index contributed by atoms with van der Waals surface area (Å²) >= 11 is 5.48. The average Bonchev–Trinajstić information content (AvgIpc) is 2.47. The van der Waals surface area contributed by atoms with Gasteiger partial charge in [0.05, 0.1) is 16.7 Å². The monoisotopic (exact) mass is 278 g/mol. The second-order valence-corrected chi connectivity index (χ2v) is 5.41. The molecule has 0 heterocycles. The Balaban J connectivity index is 2.25. The minimum atomic E-state index is -1.21. The van der Waals surface area contributed by atoms with Gasteiger partial charge in [-0.2, -0.15) is 0 Å². The highest BCUT2D eigenvalue weighted by atomic mass is 35.5. The Bertz CT molecular complexity index is 564. The summed E-state index contributed by atoms with van der Waals surface area (Å²) in [5.41, 5.74) is 0.541. The smallest absolute Gasteiger partial charge is 0.177 e. The lowest BCUT2D eigenvalue weighted by Crippen LogP contribution is -2.00. The van der Waals surface area contributed by atoms with Crippen LogP contribution in [0.1, 0.15) is 10.4 Å². The Kier molecular flexibility index (Phi) is 4.28. The zero-order chi connectivity index (χ0) is 13.0. The van der Waals surface area contributed by atoms with Crippen LogP contribution in [0.2, 0.25) is 0 Å². The van der Waals surface area contributed by atoms with E-state index < -0.39 is 10.8 Å². The molecule has 4 heteroatoms. The molecule has 0 aliphatic heterocycles. The molecule has 0 amide bonds. The standard InChI is InChI=1S/C14H11ClO2S/c15-10-14(16)11-6-8-13(9-7-11)18(17)12-4-2-1-3-5-12/h1-9H,10H2. The number of ketones is 1. The third kappa shape index (κ3) is 2.86. The van der Waals surface area contributed by atoms with Crippen molar-refractivity contribution in [1.82, 2.24) is 0 Å². The predicted molar refractivity (Wildman–Crippen MR) is 72.6 cm³/mol. The minimum absolute atomic E-state index is 0.0406. The van der Waals surface area contributed by atoms with E-state index in [2.05, 4.69) is 0 Å². The summed E-state index contributed by atoms with van der Waals surface area (Å²) in [6, 6.07) is 15.9. The molecule has 2 nitrogen and oxygen atoms in total. The van der Waals surface area contributed by atoms with Gasteiger partial charge in [0.1, 0.15) is 0 Å². The van der Waals surface area contributed by atoms with Gasteiger partial charge in [-0.15, -0.1) is 11.6 Å². The predicted octanol–water partition coefficient (Wildman–Crippen LogP) is 3.27. The second-order valence-electron chi connectivity index (χ2n) is 3.66. The van der Waals surface area contributed by atoms with Gasteiger partial charge in [0.15, 0.2) is 5.78 Å². The number of benzene rings is 2. The van der Waals surface area contributed by atoms with Crippen LogP contribution in [0.4, 0.5) is 0 Å². The van der Waals surface area contributed by atoms with Gasteiger partial charge >= 0.3 is 0 Å². The molecule has 1 atom stereocenters. The molecule has 0 spiro atoms. The molecule has 0 fully saturated rings. The fourth-order valence-electron chi connectivity index (χ4n) is 1.52. The van der Waals surface area contributed by atoms with Crippen LogP contribution in [0.25, 0.3) is 0 Å². The first kappa shape index (κ1) is 13.0. The van der Waals surface area contributed by atoms with E-state index >= 15 is 0 Å². The summed E-state index contributed by atoms with van der Waals surface area (Å²) in [6.07, 6.45) is 0. The van der Waals surface area contributed by atoms with Gasteiger partial charge in [0, 0.05) is 15.4 Å². The van der Waals surface area contributed by atoms with E-state index in [1.807, 2.05) is 30.3 Å². The van der Waals surface area contributed by atoms with Gasteiger partial charge in [-0.05, 0) is 24.3 Å². The summed E-state index contributed by atoms with van der Waals surface area (Å²) in [7, 11) is -1.21. The minimum Gasteiger partial charge on any atom is -0.293 e. The Morgan fingerprint density at radius 2 is 1.50 bits per heavy atom. The average molecular weight is 279 g/mol. The zero-order valence-corrected chi connectivity index (χ0v) is 11.1. The van der Waals surface area contributed by atoms with E-state index in [-0.39, 0.29) is 11.7 Å². The normalized spacial score (nSPS) is 12.1. The molecule has 2 aromatic carbocycles. The van der Waals surface area contributed by atoms with Crippen molar-refractivity contribution >= 4 is 28.2 Å². The molecule has 0 aliphatic rings. The number of hydrogen-bond acceptors (Lipinski definition) is 2. The third-order valence-corrected chi connectivity index (χ3v) is 4.11. The highest BCUT2D eigenvalue weighted by Gasteiger charge is 2.08. The Labute approximate surface area is 113 Å². The molecule has 0 aliphatic carbocycles. The maximum Gasteiger partial charge on any atom is 0.177 e. The zero-order valence-electron chi connectivity index (χ0n) is 9.51. The SMILES string of the molecule is O=C(CCl)c1ccc(S(=O)c2ccccc2)cc1. The van der Waals surface area contributed by atoms with E-state index in [4.69, 9.17) is 11.6 Å². The topological polar surface area (TPSA) is 34.1 Å². The summed E-state index contributed by atoms with van der Waals surface area (Å²) < 4.78 is 12.2. The molecule has 0 N–H and O–H groups in total. The second kappa shape index (κ2) is 5.94. The van der Waals surface area contributed by atoms with Crippen molar-refractivity contribution in [2.75, 3.05) is 5.88 Å². The largest absolute Gasteiger partial charge is 0.293 e. The van der Waals surface area contributed by atoms with Crippen LogP contribution in [0.15, 0.2) is 64.4 Å². The van der Waals surface area contributed by atoms with Crippen molar-refractivity contribution in [2.24, 2.45) is 0 Å². The van der Waals surface area contributed by atoms with Gasteiger partial charge in [-0.3, -0.25) is 4.79 Å². The van der Waals surface area contributed by atoms with Crippen LogP contribution < -0.4 is 0 Å². The molecule has 0 bridgehead atoms. The molecule has 2 aromatic rings. The molecule has 0 radical (unpaired) electrons. The van der Waals surface area contributed by atoms with Crippen LogP contribution >= 0.6 is 11.6 Å². The van der Waals surface area contributed by atoms with E-state index in [1.54, 1.807) is 24.3 Å². The quantitative estimate of drug-likeness (QED) is 0.635. The van der Waals surface area contributed by atoms with E-state index in [0.717, 1.165) is 4.90 Å². The molecule has 1 unspecified atom stereocenters. The lowest BCUT2D eigenvalue weighted by Gasteiger charge is -2.03. The van der Waals surface area contributed by atoms with Crippen LogP contribution in [-0.4, -0.2) is 15.9 Å². The van der Waals surface area contributed by atoms with Crippen LogP contribution in [-0.2, 0) is 10.8 Å². The maximum absolute atomic E-state index is 12.2. The highest BCUT2D eigenvalue weighted by Crippen LogP contribution is 2.16. The Morgan fingerprint density at radius 1 is 0.944 bits per heavy atom. The molecule has 0 saturated heterocycles. The van der Waals surface area contributed by atoms with Gasteiger partial charge in [-0.25, -0.2) is 4.21 Å². The van der Waals surface area contributed by atoms with Gasteiger partial charge in [-0.1, -0.05) is 30.3 Å². The number of halogens is 1. The third-order valence-electron chi connectivity index (χ3n) is 2.47. The first-order valence-corrected chi connectivity index (χ1v) is 7.07. The number of carbonyl (C=O) groups excluding carboxylic acids is 1. The number of carbonyl (C=O) groups is 1. The van der Waals surface area contributed by atoms with Crippen molar-refractivity contribution in [3.8, 4) is 0 Å². The summed E-state index contributed by atoms with van der Waals surface area (Å²) in [5, 5.41) is 0. The molecule has 0 saturated carbocycles. The fourth-order valence-corrected chi connectivity index (χ4v) is 2.74. The number of hydrogen-bond donors (Lipinski definition) is 0. The fraction of sp³-hybridized carbons (Fsp3) is 0.0714. The van der Waals surface area contributed by atoms with Gasteiger partial charge < -0.3 is 0 Å². The molecular formula is C14H11ClO2S. The van der Waals surface area contributed by atoms with Crippen molar-refractivity contribution in [2.45, 2.75) is 9.79 Å². The van der Waals surface area contributed by atoms with E-state index in [9.17, 15) is 9.00 Å². The summed E-state index contributed by atoms with van der Waals surface area (Å²) in [6.45, 7) is 0. The molecule has 2 rings (SSSR count).